The molecule has 4 aromatic rings. The molecule has 48 heavy (non-hydrogen) atoms. The first kappa shape index (κ1) is 35.0. The molecule has 0 aromatic heterocycles. The van der Waals surface area contributed by atoms with Crippen LogP contribution in [-0.4, -0.2) is 36.7 Å². The third-order valence-corrected chi connectivity index (χ3v) is 6.93. The zero-order valence-electron chi connectivity index (χ0n) is 27.3. The molecule has 10 nitrogen and oxygen atoms in total. The molecule has 0 radical (unpaired) electrons. The standard InChI is InChI=1S/C38H40N4O6/c1-38(2,3)48-37(45)42-34(30-8-5-4-6-9-30)36(44)41-26-29-14-20-33(21-15-29)47-23-7-22-46-32-18-12-28(13-19-32)25-40-35(43)31-16-10-27(24-39)11-17-31/h4-6,8-21,34H,7,22-23,25-26H2,1-3H3,(H,40,43)(H,41,44)(H,42,45). The summed E-state index contributed by atoms with van der Waals surface area (Å²) in [4.78, 5) is 37.8. The van der Waals surface area contributed by atoms with Crippen LogP contribution >= 0.6 is 0 Å². The van der Waals surface area contributed by atoms with E-state index in [-0.39, 0.29) is 18.4 Å². The molecule has 1 atom stereocenters. The van der Waals surface area contributed by atoms with Gasteiger partial charge in [-0.25, -0.2) is 4.79 Å². The van der Waals surface area contributed by atoms with E-state index in [1.165, 1.54) is 0 Å². The van der Waals surface area contributed by atoms with E-state index >= 15 is 0 Å². The number of hydrogen-bond acceptors (Lipinski definition) is 7. The van der Waals surface area contributed by atoms with Gasteiger partial charge < -0.3 is 30.2 Å². The number of hydrogen-bond donors (Lipinski definition) is 3. The van der Waals surface area contributed by atoms with Crippen molar-refractivity contribution in [1.82, 2.24) is 16.0 Å². The summed E-state index contributed by atoms with van der Waals surface area (Å²) >= 11 is 0. The Labute approximate surface area is 281 Å². The lowest BCUT2D eigenvalue weighted by atomic mass is 10.1. The maximum absolute atomic E-state index is 13.1. The molecule has 0 bridgehead atoms. The number of nitriles is 1. The summed E-state index contributed by atoms with van der Waals surface area (Å²) in [6, 6.07) is 31.6. The summed E-state index contributed by atoms with van der Waals surface area (Å²) in [7, 11) is 0. The van der Waals surface area contributed by atoms with Gasteiger partial charge in [0, 0.05) is 25.1 Å². The molecule has 248 valence electrons. The second kappa shape index (κ2) is 17.2. The molecule has 0 aliphatic rings. The van der Waals surface area contributed by atoms with Crippen molar-refractivity contribution >= 4 is 17.9 Å². The van der Waals surface area contributed by atoms with Crippen LogP contribution in [0.15, 0.2) is 103 Å². The number of rotatable bonds is 14. The van der Waals surface area contributed by atoms with Crippen LogP contribution in [0.2, 0.25) is 0 Å². The average Bonchev–Trinajstić information content (AvgIpc) is 3.09. The van der Waals surface area contributed by atoms with Gasteiger partial charge in [-0.1, -0.05) is 54.6 Å². The summed E-state index contributed by atoms with van der Waals surface area (Å²) in [5, 5.41) is 17.3. The van der Waals surface area contributed by atoms with E-state index < -0.39 is 17.7 Å². The number of nitrogens with one attached hydrogen (secondary N) is 3. The van der Waals surface area contributed by atoms with Gasteiger partial charge in [-0.3, -0.25) is 9.59 Å². The van der Waals surface area contributed by atoms with Crippen molar-refractivity contribution in [3.8, 4) is 17.6 Å². The number of carbonyl (C=O) groups excluding carboxylic acids is 3. The molecule has 0 saturated heterocycles. The fourth-order valence-corrected chi connectivity index (χ4v) is 4.49. The highest BCUT2D eigenvalue weighted by molar-refractivity contribution is 5.94. The van der Waals surface area contributed by atoms with E-state index in [9.17, 15) is 14.4 Å². The van der Waals surface area contributed by atoms with Gasteiger partial charge in [-0.15, -0.1) is 0 Å². The lowest BCUT2D eigenvalue weighted by Gasteiger charge is -2.23. The Morgan fingerprint density at radius 2 is 1.27 bits per heavy atom. The van der Waals surface area contributed by atoms with Crippen LogP contribution in [0, 0.1) is 11.3 Å². The van der Waals surface area contributed by atoms with Crippen molar-refractivity contribution in [2.75, 3.05) is 13.2 Å². The van der Waals surface area contributed by atoms with Crippen LogP contribution in [0.4, 0.5) is 4.79 Å². The van der Waals surface area contributed by atoms with E-state index in [4.69, 9.17) is 19.5 Å². The van der Waals surface area contributed by atoms with Gasteiger partial charge in [0.05, 0.1) is 24.8 Å². The van der Waals surface area contributed by atoms with Crippen molar-refractivity contribution in [2.45, 2.75) is 51.9 Å². The molecule has 0 aliphatic heterocycles. The van der Waals surface area contributed by atoms with Gasteiger partial charge in [0.15, 0.2) is 0 Å². The summed E-state index contributed by atoms with van der Waals surface area (Å²) in [5.41, 5.74) is 2.77. The van der Waals surface area contributed by atoms with Crippen LogP contribution < -0.4 is 25.4 Å². The lowest BCUT2D eigenvalue weighted by molar-refractivity contribution is -0.123. The van der Waals surface area contributed by atoms with Crippen LogP contribution in [0.1, 0.15) is 65.8 Å². The number of amides is 3. The number of ether oxygens (including phenoxy) is 3. The van der Waals surface area contributed by atoms with Crippen LogP contribution in [0.25, 0.3) is 0 Å². The van der Waals surface area contributed by atoms with Crippen molar-refractivity contribution in [3.63, 3.8) is 0 Å². The van der Waals surface area contributed by atoms with Crippen molar-refractivity contribution < 1.29 is 28.6 Å². The van der Waals surface area contributed by atoms with Crippen LogP contribution in [-0.2, 0) is 22.6 Å². The first-order chi connectivity index (χ1) is 23.1. The zero-order chi connectivity index (χ0) is 34.4. The fraction of sp³-hybridized carbons (Fsp3) is 0.263. The summed E-state index contributed by atoms with van der Waals surface area (Å²) in [6.07, 6.45) is 0.00206. The topological polar surface area (TPSA) is 139 Å². The second-order valence-corrected chi connectivity index (χ2v) is 11.9. The molecule has 1 unspecified atom stereocenters. The Morgan fingerprint density at radius 3 is 1.79 bits per heavy atom. The van der Waals surface area contributed by atoms with Gasteiger partial charge in [-0.2, -0.15) is 5.26 Å². The Kier molecular flexibility index (Phi) is 12.6. The van der Waals surface area contributed by atoms with Gasteiger partial charge >= 0.3 is 6.09 Å². The molecule has 0 saturated carbocycles. The highest BCUT2D eigenvalue weighted by Gasteiger charge is 2.25. The molecule has 3 amide bonds. The summed E-state index contributed by atoms with van der Waals surface area (Å²) in [6.45, 7) is 6.87. The molecule has 0 spiro atoms. The largest absolute Gasteiger partial charge is 0.493 e. The minimum Gasteiger partial charge on any atom is -0.493 e. The number of benzene rings is 4. The Morgan fingerprint density at radius 1 is 0.729 bits per heavy atom. The number of alkyl carbamates (subject to hydrolysis) is 1. The van der Waals surface area contributed by atoms with E-state index in [1.54, 1.807) is 69.3 Å². The van der Waals surface area contributed by atoms with Crippen LogP contribution in [0.3, 0.4) is 0 Å². The fourth-order valence-electron chi connectivity index (χ4n) is 4.49. The van der Waals surface area contributed by atoms with Gasteiger partial charge in [0.2, 0.25) is 5.91 Å². The second-order valence-electron chi connectivity index (χ2n) is 11.9. The van der Waals surface area contributed by atoms with Crippen molar-refractivity contribution in [2.24, 2.45) is 0 Å². The summed E-state index contributed by atoms with van der Waals surface area (Å²) < 4.78 is 17.0. The van der Waals surface area contributed by atoms with E-state index in [2.05, 4.69) is 16.0 Å². The zero-order valence-corrected chi connectivity index (χ0v) is 27.3. The molecule has 0 heterocycles. The maximum Gasteiger partial charge on any atom is 0.408 e. The smallest absolute Gasteiger partial charge is 0.408 e. The minimum absolute atomic E-state index is 0.206. The quantitative estimate of drug-likeness (QED) is 0.138. The SMILES string of the molecule is CC(C)(C)OC(=O)NC(C(=O)NCc1ccc(OCCCOc2ccc(CNC(=O)c3ccc(C#N)cc3)cc2)cc1)c1ccccc1. The molecule has 10 heteroatoms. The summed E-state index contributed by atoms with van der Waals surface area (Å²) in [5.74, 6) is 0.863. The number of carbonyl (C=O) groups is 3. The first-order valence-electron chi connectivity index (χ1n) is 15.6. The normalized spacial score (nSPS) is 11.4. The van der Waals surface area contributed by atoms with E-state index in [0.717, 1.165) is 16.9 Å². The van der Waals surface area contributed by atoms with Crippen molar-refractivity contribution in [3.05, 3.63) is 131 Å². The van der Waals surface area contributed by atoms with E-state index in [0.29, 0.717) is 48.6 Å². The predicted molar refractivity (Wildman–Crippen MR) is 181 cm³/mol. The lowest BCUT2D eigenvalue weighted by Crippen LogP contribution is -2.42. The van der Waals surface area contributed by atoms with Gasteiger partial charge in [-0.05, 0) is 86.0 Å². The van der Waals surface area contributed by atoms with Crippen LogP contribution in [0.5, 0.6) is 11.5 Å². The Hall–Kier alpha value is -5.82. The van der Waals surface area contributed by atoms with Gasteiger partial charge in [0.25, 0.3) is 5.91 Å². The molecule has 3 N–H and O–H groups in total. The molecule has 4 aromatic carbocycles. The van der Waals surface area contributed by atoms with E-state index in [1.807, 2.05) is 60.7 Å². The molecule has 0 fully saturated rings. The maximum atomic E-state index is 13.1. The number of nitrogens with zero attached hydrogens (tertiary/aromatic N) is 1. The average molecular weight is 649 g/mol. The highest BCUT2D eigenvalue weighted by Crippen LogP contribution is 2.17. The van der Waals surface area contributed by atoms with Crippen molar-refractivity contribution in [1.29, 1.82) is 5.26 Å². The molecular weight excluding hydrogens is 608 g/mol. The molecule has 0 aliphatic carbocycles. The monoisotopic (exact) mass is 648 g/mol. The Balaban J connectivity index is 1.15. The molecular formula is C38H40N4O6. The predicted octanol–water partition coefficient (Wildman–Crippen LogP) is 6.22. The first-order valence-corrected chi connectivity index (χ1v) is 15.6. The third-order valence-electron chi connectivity index (χ3n) is 6.93. The highest BCUT2D eigenvalue weighted by atomic mass is 16.6. The minimum atomic E-state index is -0.905. The third kappa shape index (κ3) is 11.5. The Bertz CT molecular complexity index is 1680. The van der Waals surface area contributed by atoms with Gasteiger partial charge in [0.1, 0.15) is 23.1 Å². The molecule has 4 rings (SSSR count).